The predicted molar refractivity (Wildman–Crippen MR) is 95.7 cm³/mol. The van der Waals surface area contributed by atoms with Crippen LogP contribution in [-0.4, -0.2) is 35.8 Å². The van der Waals surface area contributed by atoms with Crippen molar-refractivity contribution in [3.63, 3.8) is 0 Å². The highest BCUT2D eigenvalue weighted by molar-refractivity contribution is 6.02. The van der Waals surface area contributed by atoms with Gasteiger partial charge in [-0.05, 0) is 18.6 Å². The van der Waals surface area contributed by atoms with Crippen molar-refractivity contribution >= 4 is 17.5 Å². The molecule has 124 valence electrons. The summed E-state index contributed by atoms with van der Waals surface area (Å²) in [7, 11) is 0. The van der Waals surface area contributed by atoms with E-state index >= 15 is 0 Å². The van der Waals surface area contributed by atoms with Gasteiger partial charge in [0.15, 0.2) is 0 Å². The van der Waals surface area contributed by atoms with Gasteiger partial charge in [-0.15, -0.1) is 0 Å². The summed E-state index contributed by atoms with van der Waals surface area (Å²) >= 11 is 0. The molecule has 0 N–H and O–H groups in total. The second kappa shape index (κ2) is 6.87. The maximum Gasteiger partial charge on any atom is 0.249 e. The summed E-state index contributed by atoms with van der Waals surface area (Å²) in [6, 6.07) is 17.6. The van der Waals surface area contributed by atoms with Gasteiger partial charge in [-0.3, -0.25) is 9.59 Å². The van der Waals surface area contributed by atoms with Crippen LogP contribution in [0.3, 0.4) is 0 Å². The number of hydrogen-bond donors (Lipinski definition) is 0. The third-order valence-corrected chi connectivity index (χ3v) is 4.56. The first-order chi connectivity index (χ1) is 11.6. The van der Waals surface area contributed by atoms with Gasteiger partial charge >= 0.3 is 0 Å². The topological polar surface area (TPSA) is 40.6 Å². The molecule has 1 saturated heterocycles. The Morgan fingerprint density at radius 3 is 2.42 bits per heavy atom. The van der Waals surface area contributed by atoms with E-state index in [0.29, 0.717) is 19.5 Å². The molecule has 4 nitrogen and oxygen atoms in total. The zero-order chi connectivity index (χ0) is 17.1. The normalized spacial score (nSPS) is 17.9. The van der Waals surface area contributed by atoms with Crippen LogP contribution < -0.4 is 4.90 Å². The van der Waals surface area contributed by atoms with Crippen LogP contribution >= 0.6 is 0 Å². The van der Waals surface area contributed by atoms with Crippen molar-refractivity contribution in [1.82, 2.24) is 4.90 Å². The van der Waals surface area contributed by atoms with E-state index < -0.39 is 6.04 Å². The highest BCUT2D eigenvalue weighted by atomic mass is 16.2. The number of amides is 2. The van der Waals surface area contributed by atoms with Crippen LogP contribution in [-0.2, 0) is 9.59 Å². The molecule has 0 aromatic heterocycles. The van der Waals surface area contributed by atoms with E-state index in [-0.39, 0.29) is 11.8 Å². The van der Waals surface area contributed by atoms with E-state index in [1.807, 2.05) is 73.3 Å². The highest BCUT2D eigenvalue weighted by Gasteiger charge is 2.35. The van der Waals surface area contributed by atoms with Crippen molar-refractivity contribution in [1.29, 1.82) is 0 Å². The maximum atomic E-state index is 12.9. The molecule has 0 saturated carbocycles. The zero-order valence-corrected chi connectivity index (χ0v) is 14.1. The maximum absolute atomic E-state index is 12.9. The van der Waals surface area contributed by atoms with Gasteiger partial charge in [0.2, 0.25) is 11.8 Å². The van der Waals surface area contributed by atoms with E-state index in [1.165, 1.54) is 0 Å². The molecule has 0 spiro atoms. The van der Waals surface area contributed by atoms with Crippen LogP contribution in [0.2, 0.25) is 0 Å². The van der Waals surface area contributed by atoms with Gasteiger partial charge in [0.25, 0.3) is 0 Å². The number of anilines is 1. The fourth-order valence-electron chi connectivity index (χ4n) is 3.22. The molecule has 2 amide bonds. The predicted octanol–water partition coefficient (Wildman–Crippen LogP) is 3.33. The SMILES string of the molecule is CCC(=O)N1CCN(c2ccccc2-c2ccccc2)C(=O)C1C. The summed E-state index contributed by atoms with van der Waals surface area (Å²) < 4.78 is 0. The summed E-state index contributed by atoms with van der Waals surface area (Å²) in [5, 5.41) is 0. The first kappa shape index (κ1) is 16.2. The Labute approximate surface area is 142 Å². The number of carbonyl (C=O) groups is 2. The van der Waals surface area contributed by atoms with Gasteiger partial charge in [0, 0.05) is 25.1 Å². The Morgan fingerprint density at radius 2 is 1.71 bits per heavy atom. The largest absolute Gasteiger partial charge is 0.329 e. The smallest absolute Gasteiger partial charge is 0.249 e. The van der Waals surface area contributed by atoms with Crippen LogP contribution in [0.1, 0.15) is 20.3 Å². The molecule has 1 heterocycles. The van der Waals surface area contributed by atoms with E-state index in [9.17, 15) is 9.59 Å². The average Bonchev–Trinajstić information content (AvgIpc) is 2.64. The second-order valence-electron chi connectivity index (χ2n) is 5.99. The summed E-state index contributed by atoms with van der Waals surface area (Å²) in [4.78, 5) is 28.4. The molecule has 1 unspecified atom stereocenters. The lowest BCUT2D eigenvalue weighted by Gasteiger charge is -2.39. The van der Waals surface area contributed by atoms with Gasteiger partial charge in [-0.1, -0.05) is 55.5 Å². The van der Waals surface area contributed by atoms with Crippen molar-refractivity contribution in [2.45, 2.75) is 26.3 Å². The van der Waals surface area contributed by atoms with Crippen LogP contribution in [0.15, 0.2) is 54.6 Å². The van der Waals surface area contributed by atoms with Crippen LogP contribution in [0, 0.1) is 0 Å². The van der Waals surface area contributed by atoms with E-state index in [2.05, 4.69) is 0 Å². The molecule has 0 radical (unpaired) electrons. The number of para-hydroxylation sites is 1. The van der Waals surface area contributed by atoms with Gasteiger partial charge in [-0.25, -0.2) is 0 Å². The van der Waals surface area contributed by atoms with E-state index in [0.717, 1.165) is 16.8 Å². The van der Waals surface area contributed by atoms with Crippen molar-refractivity contribution in [2.75, 3.05) is 18.0 Å². The van der Waals surface area contributed by atoms with Crippen molar-refractivity contribution in [3.05, 3.63) is 54.6 Å². The first-order valence-corrected chi connectivity index (χ1v) is 8.38. The minimum Gasteiger partial charge on any atom is -0.329 e. The Kier molecular flexibility index (Phi) is 4.65. The Bertz CT molecular complexity index is 742. The van der Waals surface area contributed by atoms with Gasteiger partial charge in [0.1, 0.15) is 6.04 Å². The summed E-state index contributed by atoms with van der Waals surface area (Å²) in [6.07, 6.45) is 0.429. The zero-order valence-electron chi connectivity index (χ0n) is 14.1. The Hall–Kier alpha value is -2.62. The fraction of sp³-hybridized carbons (Fsp3) is 0.300. The second-order valence-corrected chi connectivity index (χ2v) is 5.99. The number of nitrogens with zero attached hydrogens (tertiary/aromatic N) is 2. The summed E-state index contributed by atoms with van der Waals surface area (Å²) in [6.45, 7) is 4.74. The lowest BCUT2D eigenvalue weighted by atomic mass is 10.0. The molecule has 3 rings (SSSR count). The average molecular weight is 322 g/mol. The lowest BCUT2D eigenvalue weighted by Crippen LogP contribution is -2.57. The number of benzene rings is 2. The Morgan fingerprint density at radius 1 is 1.04 bits per heavy atom. The Balaban J connectivity index is 1.94. The standard InChI is InChI=1S/C20H22N2O2/c1-3-19(23)21-13-14-22(20(24)15(21)2)18-12-8-7-11-17(18)16-9-5-4-6-10-16/h4-12,15H,3,13-14H2,1-2H3. The van der Waals surface area contributed by atoms with Crippen molar-refractivity contribution < 1.29 is 9.59 Å². The van der Waals surface area contributed by atoms with E-state index in [1.54, 1.807) is 4.90 Å². The molecule has 4 heteroatoms. The molecule has 2 aromatic rings. The summed E-state index contributed by atoms with van der Waals surface area (Å²) in [5.74, 6) is 0.0123. The lowest BCUT2D eigenvalue weighted by molar-refractivity contribution is -0.140. The van der Waals surface area contributed by atoms with Crippen molar-refractivity contribution in [3.8, 4) is 11.1 Å². The molecule has 24 heavy (non-hydrogen) atoms. The molecular weight excluding hydrogens is 300 g/mol. The number of piperazine rings is 1. The molecule has 0 bridgehead atoms. The fourth-order valence-corrected chi connectivity index (χ4v) is 3.22. The minimum absolute atomic E-state index is 0.0218. The summed E-state index contributed by atoms with van der Waals surface area (Å²) in [5.41, 5.74) is 3.03. The highest BCUT2D eigenvalue weighted by Crippen LogP contribution is 2.32. The number of hydrogen-bond acceptors (Lipinski definition) is 2. The molecule has 1 aliphatic rings. The van der Waals surface area contributed by atoms with E-state index in [4.69, 9.17) is 0 Å². The first-order valence-electron chi connectivity index (χ1n) is 8.38. The molecule has 1 aliphatic heterocycles. The van der Waals surface area contributed by atoms with Crippen molar-refractivity contribution in [2.24, 2.45) is 0 Å². The number of carbonyl (C=O) groups excluding carboxylic acids is 2. The van der Waals surface area contributed by atoms with Gasteiger partial charge in [-0.2, -0.15) is 0 Å². The molecule has 0 aliphatic carbocycles. The molecular formula is C20H22N2O2. The minimum atomic E-state index is -0.421. The van der Waals surface area contributed by atoms with Crippen LogP contribution in [0.5, 0.6) is 0 Å². The quantitative estimate of drug-likeness (QED) is 0.870. The van der Waals surface area contributed by atoms with Crippen LogP contribution in [0.4, 0.5) is 5.69 Å². The van der Waals surface area contributed by atoms with Gasteiger partial charge < -0.3 is 9.80 Å². The third kappa shape index (κ3) is 2.92. The molecule has 2 aromatic carbocycles. The monoisotopic (exact) mass is 322 g/mol. The van der Waals surface area contributed by atoms with Crippen LogP contribution in [0.25, 0.3) is 11.1 Å². The molecule has 1 fully saturated rings. The van der Waals surface area contributed by atoms with Gasteiger partial charge in [0.05, 0.1) is 5.69 Å². The molecule has 1 atom stereocenters. The number of rotatable bonds is 3. The third-order valence-electron chi connectivity index (χ3n) is 4.56.